The number of nitrogens with zero attached hydrogens (tertiary/aromatic N) is 5. The number of carbonyl (C=O) groups excluding carboxylic acids is 1. The zero-order chi connectivity index (χ0) is 19.2. The third-order valence-corrected chi connectivity index (χ3v) is 3.95. The molecule has 1 amide bonds. The van der Waals surface area contributed by atoms with Gasteiger partial charge in [-0.1, -0.05) is 0 Å². The van der Waals surface area contributed by atoms with Gasteiger partial charge in [0.15, 0.2) is 11.8 Å². The highest BCUT2D eigenvalue weighted by atomic mass is 127. The van der Waals surface area contributed by atoms with Crippen molar-refractivity contribution in [2.45, 2.75) is 65.8 Å². The smallest absolute Gasteiger partial charge is 0.407 e. The van der Waals surface area contributed by atoms with Gasteiger partial charge < -0.3 is 24.8 Å². The van der Waals surface area contributed by atoms with E-state index in [0.717, 1.165) is 37.8 Å². The van der Waals surface area contributed by atoms with Crippen LogP contribution >= 0.6 is 24.0 Å². The SMILES string of the molecule is CCNC(=NCc1nncn1CC)N1CCC(NC(=O)OC(C)(C)C)C1.I. The average molecular weight is 493 g/mol. The van der Waals surface area contributed by atoms with Crippen molar-refractivity contribution in [2.75, 3.05) is 19.6 Å². The summed E-state index contributed by atoms with van der Waals surface area (Å²) >= 11 is 0. The lowest BCUT2D eigenvalue weighted by molar-refractivity contribution is 0.0507. The standard InChI is InChI=1S/C17H31N7O2.HI/c1-6-18-15(19-10-14-22-20-12-23(14)7-2)24-9-8-13(11-24)21-16(25)26-17(3,4)5;/h12-13H,6-11H2,1-5H3,(H,18,19)(H,21,25);1H. The molecule has 1 fully saturated rings. The molecule has 10 heteroatoms. The van der Waals surface area contributed by atoms with Crippen molar-refractivity contribution in [1.82, 2.24) is 30.3 Å². The number of likely N-dealkylation sites (tertiary alicyclic amines) is 1. The molecule has 154 valence electrons. The van der Waals surface area contributed by atoms with E-state index in [0.29, 0.717) is 13.1 Å². The summed E-state index contributed by atoms with van der Waals surface area (Å²) in [5.41, 5.74) is -0.492. The number of alkyl carbamates (subject to hydrolysis) is 1. The number of nitrogens with one attached hydrogen (secondary N) is 2. The summed E-state index contributed by atoms with van der Waals surface area (Å²) < 4.78 is 7.31. The Labute approximate surface area is 178 Å². The maximum Gasteiger partial charge on any atom is 0.407 e. The molecular formula is C17H32IN7O2. The fraction of sp³-hybridized carbons (Fsp3) is 0.765. The van der Waals surface area contributed by atoms with Gasteiger partial charge in [0.05, 0.1) is 6.04 Å². The van der Waals surface area contributed by atoms with Crippen LogP contribution < -0.4 is 10.6 Å². The lowest BCUT2D eigenvalue weighted by Crippen LogP contribution is -2.44. The maximum absolute atomic E-state index is 12.0. The molecule has 2 heterocycles. The lowest BCUT2D eigenvalue weighted by Gasteiger charge is -2.23. The maximum atomic E-state index is 12.0. The van der Waals surface area contributed by atoms with Gasteiger partial charge in [-0.2, -0.15) is 0 Å². The monoisotopic (exact) mass is 493 g/mol. The van der Waals surface area contributed by atoms with Crippen LogP contribution in [0.5, 0.6) is 0 Å². The van der Waals surface area contributed by atoms with E-state index in [9.17, 15) is 4.79 Å². The number of aryl methyl sites for hydroxylation is 1. The summed E-state index contributed by atoms with van der Waals surface area (Å²) in [5, 5.41) is 14.3. The van der Waals surface area contributed by atoms with Crippen LogP contribution in [0.2, 0.25) is 0 Å². The van der Waals surface area contributed by atoms with Crippen LogP contribution in [0.4, 0.5) is 4.79 Å². The van der Waals surface area contributed by atoms with Gasteiger partial charge in [0.2, 0.25) is 0 Å². The van der Waals surface area contributed by atoms with E-state index in [-0.39, 0.29) is 36.1 Å². The Hall–Kier alpha value is -1.59. The molecule has 1 aromatic heterocycles. The van der Waals surface area contributed by atoms with Crippen molar-refractivity contribution in [3.8, 4) is 0 Å². The Bertz CT molecular complexity index is 627. The van der Waals surface area contributed by atoms with Crippen LogP contribution in [0.1, 0.15) is 46.9 Å². The fourth-order valence-electron chi connectivity index (χ4n) is 2.78. The Morgan fingerprint density at radius 3 is 2.78 bits per heavy atom. The first-order chi connectivity index (χ1) is 12.3. The number of hydrogen-bond acceptors (Lipinski definition) is 5. The molecule has 0 aromatic carbocycles. The second kappa shape index (κ2) is 10.7. The number of ether oxygens (including phenoxy) is 1. The highest BCUT2D eigenvalue weighted by Gasteiger charge is 2.27. The van der Waals surface area contributed by atoms with Crippen molar-refractivity contribution in [3.63, 3.8) is 0 Å². The minimum Gasteiger partial charge on any atom is -0.444 e. The van der Waals surface area contributed by atoms with E-state index in [1.807, 2.05) is 32.3 Å². The minimum atomic E-state index is -0.492. The van der Waals surface area contributed by atoms with Crippen molar-refractivity contribution in [1.29, 1.82) is 0 Å². The van der Waals surface area contributed by atoms with Gasteiger partial charge in [-0.25, -0.2) is 9.79 Å². The minimum absolute atomic E-state index is 0. The van der Waals surface area contributed by atoms with Crippen LogP contribution in [0, 0.1) is 0 Å². The molecule has 1 aromatic rings. The number of carbonyl (C=O) groups is 1. The van der Waals surface area contributed by atoms with Gasteiger partial charge >= 0.3 is 6.09 Å². The zero-order valence-corrected chi connectivity index (χ0v) is 19.2. The second-order valence-electron chi connectivity index (χ2n) is 7.28. The van der Waals surface area contributed by atoms with Crippen molar-refractivity contribution in [3.05, 3.63) is 12.2 Å². The van der Waals surface area contributed by atoms with E-state index in [2.05, 4.69) is 37.6 Å². The summed E-state index contributed by atoms with van der Waals surface area (Å²) in [6.45, 7) is 13.3. The molecular weight excluding hydrogens is 461 g/mol. The summed E-state index contributed by atoms with van der Waals surface area (Å²) in [6, 6.07) is 0.0491. The number of aliphatic imine (C=N–C) groups is 1. The molecule has 2 N–H and O–H groups in total. The van der Waals surface area contributed by atoms with E-state index in [1.165, 1.54) is 0 Å². The topological polar surface area (TPSA) is 96.7 Å². The molecule has 0 spiro atoms. The predicted molar refractivity (Wildman–Crippen MR) is 115 cm³/mol. The highest BCUT2D eigenvalue weighted by molar-refractivity contribution is 14.0. The van der Waals surface area contributed by atoms with Gasteiger partial charge in [0, 0.05) is 26.2 Å². The van der Waals surface area contributed by atoms with Gasteiger partial charge in [-0.3, -0.25) is 0 Å². The number of guanidine groups is 1. The van der Waals surface area contributed by atoms with Crippen molar-refractivity contribution in [2.24, 2.45) is 4.99 Å². The zero-order valence-electron chi connectivity index (χ0n) is 16.9. The first-order valence-electron chi connectivity index (χ1n) is 9.21. The molecule has 27 heavy (non-hydrogen) atoms. The van der Waals surface area contributed by atoms with E-state index < -0.39 is 5.60 Å². The second-order valence-corrected chi connectivity index (χ2v) is 7.28. The summed E-state index contributed by atoms with van der Waals surface area (Å²) in [5.74, 6) is 1.66. The molecule has 1 aliphatic rings. The third-order valence-electron chi connectivity index (χ3n) is 3.95. The number of halogens is 1. The van der Waals surface area contributed by atoms with Gasteiger partial charge in [0.1, 0.15) is 18.5 Å². The lowest BCUT2D eigenvalue weighted by atomic mass is 10.2. The quantitative estimate of drug-likeness (QED) is 0.370. The first kappa shape index (κ1) is 23.4. The van der Waals surface area contributed by atoms with Gasteiger partial charge in [-0.05, 0) is 41.0 Å². The van der Waals surface area contributed by atoms with E-state index in [4.69, 9.17) is 4.74 Å². The normalized spacial score (nSPS) is 17.4. The third kappa shape index (κ3) is 7.51. The van der Waals surface area contributed by atoms with Crippen LogP contribution in [-0.2, 0) is 17.8 Å². The van der Waals surface area contributed by atoms with Crippen LogP contribution in [-0.4, -0.2) is 63.0 Å². The molecule has 1 aliphatic heterocycles. The molecule has 0 aliphatic carbocycles. The van der Waals surface area contributed by atoms with Crippen LogP contribution in [0.25, 0.3) is 0 Å². The Kier molecular flexibility index (Phi) is 9.27. The Balaban J connectivity index is 0.00000364. The molecule has 2 rings (SSSR count). The number of hydrogen-bond donors (Lipinski definition) is 2. The average Bonchev–Trinajstić information content (AvgIpc) is 3.18. The van der Waals surface area contributed by atoms with E-state index >= 15 is 0 Å². The Morgan fingerprint density at radius 1 is 1.41 bits per heavy atom. The summed E-state index contributed by atoms with van der Waals surface area (Å²) in [4.78, 5) is 18.8. The highest BCUT2D eigenvalue weighted by Crippen LogP contribution is 2.12. The summed E-state index contributed by atoms with van der Waals surface area (Å²) in [7, 11) is 0. The van der Waals surface area contributed by atoms with Gasteiger partial charge in [-0.15, -0.1) is 34.2 Å². The van der Waals surface area contributed by atoms with Crippen molar-refractivity contribution >= 4 is 36.0 Å². The van der Waals surface area contributed by atoms with Crippen LogP contribution in [0.15, 0.2) is 11.3 Å². The van der Waals surface area contributed by atoms with Crippen LogP contribution in [0.3, 0.4) is 0 Å². The number of amides is 1. The first-order valence-corrected chi connectivity index (χ1v) is 9.21. The summed E-state index contributed by atoms with van der Waals surface area (Å²) in [6.07, 6.45) is 2.20. The molecule has 1 unspecified atom stereocenters. The number of rotatable bonds is 5. The molecule has 0 saturated carbocycles. The van der Waals surface area contributed by atoms with Gasteiger partial charge in [0.25, 0.3) is 0 Å². The van der Waals surface area contributed by atoms with Crippen molar-refractivity contribution < 1.29 is 9.53 Å². The fourth-order valence-corrected chi connectivity index (χ4v) is 2.78. The molecule has 9 nitrogen and oxygen atoms in total. The molecule has 0 radical (unpaired) electrons. The molecule has 1 atom stereocenters. The predicted octanol–water partition coefficient (Wildman–Crippen LogP) is 1.98. The number of aromatic nitrogens is 3. The largest absolute Gasteiger partial charge is 0.444 e. The van der Waals surface area contributed by atoms with E-state index in [1.54, 1.807) is 6.33 Å². The Morgan fingerprint density at radius 2 is 2.15 bits per heavy atom. The molecule has 1 saturated heterocycles. The molecule has 0 bridgehead atoms.